The maximum Gasteiger partial charge on any atom is 0.225 e. The van der Waals surface area contributed by atoms with Crippen molar-refractivity contribution in [2.45, 2.75) is 11.3 Å². The molecule has 4 aromatic rings. The molecule has 2 aromatic heterocycles. The maximum absolute atomic E-state index is 12.4. The van der Waals surface area contributed by atoms with Crippen molar-refractivity contribution in [2.75, 3.05) is 11.1 Å². The van der Waals surface area contributed by atoms with Crippen LogP contribution in [0.15, 0.2) is 76.5 Å². The Kier molecular flexibility index (Phi) is 5.60. The van der Waals surface area contributed by atoms with E-state index in [0.29, 0.717) is 16.0 Å². The smallest absolute Gasteiger partial charge is 0.225 e. The van der Waals surface area contributed by atoms with Gasteiger partial charge in [-0.1, -0.05) is 34.1 Å². The fourth-order valence-electron chi connectivity index (χ4n) is 2.80. The van der Waals surface area contributed by atoms with Crippen molar-refractivity contribution in [2.24, 2.45) is 0 Å². The standard InChI is InChI=1S/C20H16BrN5O3S/c21-14-4-3-5-16(10-14)30(28,29)9-8-20(27)24-15-11-23-26(13-15)19-12-22-17-6-1-2-7-18(17)25-19/h1-7,10-13H,8-9H2,(H,24,27). The first-order valence-electron chi connectivity index (χ1n) is 8.96. The van der Waals surface area contributed by atoms with Crippen LogP contribution in [0.5, 0.6) is 0 Å². The van der Waals surface area contributed by atoms with Crippen molar-refractivity contribution in [3.63, 3.8) is 0 Å². The summed E-state index contributed by atoms with van der Waals surface area (Å²) in [5, 5.41) is 6.85. The van der Waals surface area contributed by atoms with Crippen LogP contribution in [-0.4, -0.2) is 39.8 Å². The van der Waals surface area contributed by atoms with Gasteiger partial charge in [0.05, 0.1) is 46.0 Å². The number of fused-ring (bicyclic) bond motifs is 1. The number of sulfone groups is 1. The first-order valence-corrected chi connectivity index (χ1v) is 11.4. The van der Waals surface area contributed by atoms with Crippen molar-refractivity contribution >= 4 is 48.4 Å². The molecule has 10 heteroatoms. The van der Waals surface area contributed by atoms with Crippen LogP contribution >= 0.6 is 15.9 Å². The highest BCUT2D eigenvalue weighted by Gasteiger charge is 2.17. The van der Waals surface area contributed by atoms with Gasteiger partial charge in [-0.15, -0.1) is 0 Å². The number of amides is 1. The number of aromatic nitrogens is 4. The number of nitrogens with zero attached hydrogens (tertiary/aromatic N) is 4. The first kappa shape index (κ1) is 20.2. The van der Waals surface area contributed by atoms with E-state index in [9.17, 15) is 13.2 Å². The number of anilines is 1. The summed E-state index contributed by atoms with van der Waals surface area (Å²) in [5.74, 6) is -0.205. The third-order valence-corrected chi connectivity index (χ3v) is 6.50. The molecule has 0 radical (unpaired) electrons. The van der Waals surface area contributed by atoms with E-state index < -0.39 is 15.7 Å². The van der Waals surface area contributed by atoms with Gasteiger partial charge in [0.2, 0.25) is 5.91 Å². The summed E-state index contributed by atoms with van der Waals surface area (Å²) in [4.78, 5) is 21.2. The summed E-state index contributed by atoms with van der Waals surface area (Å²) in [6.07, 6.45) is 4.48. The summed E-state index contributed by atoms with van der Waals surface area (Å²) in [7, 11) is -3.56. The second-order valence-corrected chi connectivity index (χ2v) is 9.49. The molecule has 0 aliphatic rings. The van der Waals surface area contributed by atoms with Crippen LogP contribution in [0.25, 0.3) is 16.9 Å². The third kappa shape index (κ3) is 4.55. The lowest BCUT2D eigenvalue weighted by Gasteiger charge is -2.05. The van der Waals surface area contributed by atoms with E-state index in [1.165, 1.54) is 23.0 Å². The van der Waals surface area contributed by atoms with Gasteiger partial charge in [-0.3, -0.25) is 9.78 Å². The molecule has 4 rings (SSSR count). The van der Waals surface area contributed by atoms with Gasteiger partial charge in [-0.25, -0.2) is 18.1 Å². The second-order valence-electron chi connectivity index (χ2n) is 6.46. The lowest BCUT2D eigenvalue weighted by atomic mass is 10.3. The van der Waals surface area contributed by atoms with E-state index in [4.69, 9.17) is 0 Å². The molecular formula is C20H16BrN5O3S. The molecular weight excluding hydrogens is 470 g/mol. The Labute approximate surface area is 181 Å². The molecule has 1 N–H and O–H groups in total. The molecule has 0 spiro atoms. The summed E-state index contributed by atoms with van der Waals surface area (Å²) < 4.78 is 27.0. The van der Waals surface area contributed by atoms with E-state index in [-0.39, 0.29) is 17.1 Å². The van der Waals surface area contributed by atoms with Gasteiger partial charge >= 0.3 is 0 Å². The van der Waals surface area contributed by atoms with Gasteiger partial charge in [0.25, 0.3) is 0 Å². The van der Waals surface area contributed by atoms with Crippen LogP contribution in [0.1, 0.15) is 6.42 Å². The molecule has 2 heterocycles. The Hall–Kier alpha value is -3.11. The molecule has 0 unspecified atom stereocenters. The molecule has 152 valence electrons. The van der Waals surface area contributed by atoms with E-state index in [1.54, 1.807) is 24.5 Å². The number of carbonyl (C=O) groups excluding carboxylic acids is 1. The zero-order chi connectivity index (χ0) is 21.1. The Bertz CT molecular complexity index is 1340. The molecule has 0 aliphatic heterocycles. The number of rotatable bonds is 6. The van der Waals surface area contributed by atoms with E-state index in [1.807, 2.05) is 24.3 Å². The van der Waals surface area contributed by atoms with Gasteiger partial charge in [0.1, 0.15) is 0 Å². The fourth-order valence-corrected chi connectivity index (χ4v) is 4.63. The van der Waals surface area contributed by atoms with Crippen LogP contribution in [-0.2, 0) is 14.6 Å². The van der Waals surface area contributed by atoms with Gasteiger partial charge in [0.15, 0.2) is 15.7 Å². The highest BCUT2D eigenvalue weighted by molar-refractivity contribution is 9.10. The molecule has 0 atom stereocenters. The number of para-hydroxylation sites is 2. The molecule has 1 amide bonds. The minimum Gasteiger partial charge on any atom is -0.323 e. The first-order chi connectivity index (χ1) is 14.4. The molecule has 0 bridgehead atoms. The number of nitrogens with one attached hydrogen (secondary N) is 1. The summed E-state index contributed by atoms with van der Waals surface area (Å²) >= 11 is 3.25. The predicted molar refractivity (Wildman–Crippen MR) is 116 cm³/mol. The van der Waals surface area contributed by atoms with Crippen LogP contribution in [0.4, 0.5) is 5.69 Å². The quantitative estimate of drug-likeness (QED) is 0.448. The molecule has 8 nitrogen and oxygen atoms in total. The molecule has 2 aromatic carbocycles. The van der Waals surface area contributed by atoms with Gasteiger partial charge in [-0.2, -0.15) is 5.10 Å². The Morgan fingerprint density at radius 3 is 2.67 bits per heavy atom. The van der Waals surface area contributed by atoms with Gasteiger partial charge in [0, 0.05) is 10.9 Å². The predicted octanol–water partition coefficient (Wildman–Crippen LogP) is 3.38. The lowest BCUT2D eigenvalue weighted by Crippen LogP contribution is -2.17. The molecule has 0 aliphatic carbocycles. The number of benzene rings is 2. The maximum atomic E-state index is 12.4. The van der Waals surface area contributed by atoms with E-state index >= 15 is 0 Å². The number of carbonyl (C=O) groups is 1. The normalized spacial score (nSPS) is 11.5. The van der Waals surface area contributed by atoms with Crippen molar-refractivity contribution in [3.05, 3.63) is 71.6 Å². The SMILES string of the molecule is O=C(CCS(=O)(=O)c1cccc(Br)c1)Nc1cnn(-c2cnc3ccccc3n2)c1. The highest BCUT2D eigenvalue weighted by atomic mass is 79.9. The Balaban J connectivity index is 1.41. The lowest BCUT2D eigenvalue weighted by molar-refractivity contribution is -0.115. The van der Waals surface area contributed by atoms with Crippen LogP contribution in [0.2, 0.25) is 0 Å². The molecule has 30 heavy (non-hydrogen) atoms. The van der Waals surface area contributed by atoms with Crippen molar-refractivity contribution in [1.82, 2.24) is 19.7 Å². The van der Waals surface area contributed by atoms with E-state index in [0.717, 1.165) is 11.0 Å². The van der Waals surface area contributed by atoms with Crippen molar-refractivity contribution in [3.8, 4) is 5.82 Å². The fraction of sp³-hybridized carbons (Fsp3) is 0.100. The molecule has 0 saturated heterocycles. The van der Waals surface area contributed by atoms with Gasteiger partial charge in [-0.05, 0) is 30.3 Å². The number of halogens is 1. The largest absolute Gasteiger partial charge is 0.323 e. The highest BCUT2D eigenvalue weighted by Crippen LogP contribution is 2.18. The van der Waals surface area contributed by atoms with Crippen molar-refractivity contribution < 1.29 is 13.2 Å². The summed E-state index contributed by atoms with van der Waals surface area (Å²) in [6.45, 7) is 0. The third-order valence-electron chi connectivity index (χ3n) is 4.29. The number of hydrogen-bond acceptors (Lipinski definition) is 6. The van der Waals surface area contributed by atoms with Crippen LogP contribution in [0.3, 0.4) is 0 Å². The monoisotopic (exact) mass is 485 g/mol. The Morgan fingerprint density at radius 1 is 1.07 bits per heavy atom. The second kappa shape index (κ2) is 8.33. The summed E-state index contributed by atoms with van der Waals surface area (Å²) in [6, 6.07) is 13.9. The minimum atomic E-state index is -3.56. The Morgan fingerprint density at radius 2 is 1.87 bits per heavy atom. The summed E-state index contributed by atoms with van der Waals surface area (Å²) in [5.41, 5.74) is 1.94. The zero-order valence-corrected chi connectivity index (χ0v) is 18.0. The topological polar surface area (TPSA) is 107 Å². The van der Waals surface area contributed by atoms with Gasteiger partial charge < -0.3 is 5.32 Å². The average molecular weight is 486 g/mol. The molecule has 0 saturated carbocycles. The van der Waals surface area contributed by atoms with E-state index in [2.05, 4.69) is 36.3 Å². The van der Waals surface area contributed by atoms with Crippen LogP contribution < -0.4 is 5.32 Å². The minimum absolute atomic E-state index is 0.171. The zero-order valence-electron chi connectivity index (χ0n) is 15.6. The molecule has 0 fully saturated rings. The number of hydrogen-bond donors (Lipinski definition) is 1. The average Bonchev–Trinajstić information content (AvgIpc) is 3.20. The van der Waals surface area contributed by atoms with Crippen LogP contribution in [0, 0.1) is 0 Å². The van der Waals surface area contributed by atoms with Crippen molar-refractivity contribution in [1.29, 1.82) is 0 Å².